The van der Waals surface area contributed by atoms with E-state index in [1.165, 1.54) is 30.6 Å². The topological polar surface area (TPSA) is 12.0 Å². The molecule has 0 spiro atoms. The number of hydrogen-bond donors (Lipinski definition) is 1. The second-order valence-corrected chi connectivity index (χ2v) is 8.42. The van der Waals surface area contributed by atoms with E-state index in [0.29, 0.717) is 17.4 Å². The molecule has 1 nitrogen and oxygen atoms in total. The fourth-order valence-electron chi connectivity index (χ4n) is 3.20. The van der Waals surface area contributed by atoms with Crippen molar-refractivity contribution >= 4 is 38.9 Å². The summed E-state index contributed by atoms with van der Waals surface area (Å²) in [5.74, 6) is 0.692. The van der Waals surface area contributed by atoms with Crippen LogP contribution in [-0.4, -0.2) is 7.05 Å². The number of nitrogens with one attached hydrogen (secondary N) is 1. The molecular formula is C14H21BrClNS. The Kier molecular flexibility index (Phi) is 4.80. The quantitative estimate of drug-likeness (QED) is 0.743. The van der Waals surface area contributed by atoms with E-state index in [1.807, 2.05) is 0 Å². The molecule has 18 heavy (non-hydrogen) atoms. The maximum Gasteiger partial charge on any atom is 0.107 e. The molecule has 2 unspecified atom stereocenters. The highest BCUT2D eigenvalue weighted by molar-refractivity contribution is 9.10. The van der Waals surface area contributed by atoms with E-state index < -0.39 is 0 Å². The Bertz CT molecular complexity index is 396. The minimum atomic E-state index is 0.412. The van der Waals surface area contributed by atoms with Gasteiger partial charge in [0.1, 0.15) is 4.34 Å². The molecule has 0 aromatic carbocycles. The van der Waals surface area contributed by atoms with Crippen LogP contribution < -0.4 is 5.32 Å². The highest BCUT2D eigenvalue weighted by Crippen LogP contribution is 2.48. The predicted molar refractivity (Wildman–Crippen MR) is 84.6 cm³/mol. The summed E-state index contributed by atoms with van der Waals surface area (Å²) in [4.78, 5) is 1.36. The summed E-state index contributed by atoms with van der Waals surface area (Å²) in [6.45, 7) is 4.82. The first-order valence-electron chi connectivity index (χ1n) is 6.57. The Morgan fingerprint density at radius 2 is 2.22 bits per heavy atom. The van der Waals surface area contributed by atoms with Gasteiger partial charge >= 0.3 is 0 Å². The van der Waals surface area contributed by atoms with Crippen LogP contribution in [0.1, 0.15) is 50.4 Å². The van der Waals surface area contributed by atoms with Crippen LogP contribution in [0.2, 0.25) is 4.34 Å². The van der Waals surface area contributed by atoms with Gasteiger partial charge in [0.15, 0.2) is 0 Å². The molecule has 1 fully saturated rings. The third-order valence-corrected chi connectivity index (χ3v) is 6.83. The molecule has 4 heteroatoms. The molecule has 2 atom stereocenters. The summed E-state index contributed by atoms with van der Waals surface area (Å²) in [5.41, 5.74) is 0.412. The van der Waals surface area contributed by atoms with Gasteiger partial charge < -0.3 is 5.32 Å². The largest absolute Gasteiger partial charge is 0.312 e. The van der Waals surface area contributed by atoms with Gasteiger partial charge in [-0.2, -0.15) is 0 Å². The fourth-order valence-corrected chi connectivity index (χ4v) is 5.11. The molecule has 1 heterocycles. The van der Waals surface area contributed by atoms with E-state index in [1.54, 1.807) is 11.3 Å². The van der Waals surface area contributed by atoms with E-state index in [0.717, 1.165) is 8.81 Å². The zero-order valence-electron chi connectivity index (χ0n) is 11.2. The van der Waals surface area contributed by atoms with Crippen molar-refractivity contribution in [1.29, 1.82) is 0 Å². The molecule has 0 bridgehead atoms. The molecule has 1 aromatic heterocycles. The number of thiophene rings is 1. The first-order chi connectivity index (χ1) is 8.45. The smallest absolute Gasteiger partial charge is 0.107 e. The van der Waals surface area contributed by atoms with Gasteiger partial charge in [0.05, 0.1) is 0 Å². The van der Waals surface area contributed by atoms with Gasteiger partial charge in [-0.1, -0.05) is 38.3 Å². The van der Waals surface area contributed by atoms with Gasteiger partial charge in [-0.05, 0) is 53.2 Å². The molecule has 1 aliphatic carbocycles. The van der Waals surface area contributed by atoms with E-state index in [4.69, 9.17) is 11.6 Å². The van der Waals surface area contributed by atoms with Crippen LogP contribution in [0.15, 0.2) is 10.5 Å². The second kappa shape index (κ2) is 5.82. The Labute approximate surface area is 127 Å². The van der Waals surface area contributed by atoms with Gasteiger partial charge in [0, 0.05) is 15.4 Å². The summed E-state index contributed by atoms with van der Waals surface area (Å²) >= 11 is 11.4. The van der Waals surface area contributed by atoms with Crippen molar-refractivity contribution in [2.45, 2.75) is 45.6 Å². The maximum absolute atomic E-state index is 6.18. The highest BCUT2D eigenvalue weighted by atomic mass is 79.9. The van der Waals surface area contributed by atoms with Gasteiger partial charge in [0.2, 0.25) is 0 Å². The number of rotatable bonds is 3. The fraction of sp³-hybridized carbons (Fsp3) is 0.714. The Hall–Kier alpha value is 0.430. The van der Waals surface area contributed by atoms with Crippen LogP contribution in [-0.2, 0) is 0 Å². The lowest BCUT2D eigenvalue weighted by Crippen LogP contribution is -2.37. The van der Waals surface area contributed by atoms with Crippen LogP contribution in [0, 0.1) is 11.3 Å². The summed E-state index contributed by atoms with van der Waals surface area (Å²) in [6, 6.07) is 2.60. The van der Waals surface area contributed by atoms with Crippen LogP contribution in [0.5, 0.6) is 0 Å². The Morgan fingerprint density at radius 1 is 1.50 bits per heavy atom. The van der Waals surface area contributed by atoms with Crippen molar-refractivity contribution in [2.24, 2.45) is 11.3 Å². The van der Waals surface area contributed by atoms with E-state index in [2.05, 4.69) is 48.2 Å². The molecule has 1 aromatic rings. The highest BCUT2D eigenvalue weighted by Gasteiger charge is 2.38. The SMILES string of the molecule is CNC(c1cc(Br)c(Cl)s1)C1CCCCC1(C)C. The van der Waals surface area contributed by atoms with E-state index in [9.17, 15) is 0 Å². The molecule has 1 saturated carbocycles. The first-order valence-corrected chi connectivity index (χ1v) is 8.56. The summed E-state index contributed by atoms with van der Waals surface area (Å²) in [6.07, 6.45) is 5.36. The summed E-state index contributed by atoms with van der Waals surface area (Å²) < 4.78 is 1.89. The van der Waals surface area contributed by atoms with Gasteiger partial charge in [-0.15, -0.1) is 11.3 Å². The van der Waals surface area contributed by atoms with Crippen LogP contribution >= 0.6 is 38.9 Å². The third kappa shape index (κ3) is 2.95. The molecular weight excluding hydrogens is 330 g/mol. The first kappa shape index (κ1) is 14.8. The maximum atomic E-state index is 6.18. The molecule has 0 radical (unpaired) electrons. The second-order valence-electron chi connectivity index (χ2n) is 5.88. The van der Waals surface area contributed by atoms with Gasteiger partial charge in [-0.3, -0.25) is 0 Å². The van der Waals surface area contributed by atoms with Crippen LogP contribution in [0.4, 0.5) is 0 Å². The lowest BCUT2D eigenvalue weighted by molar-refractivity contribution is 0.102. The molecule has 1 aliphatic rings. The van der Waals surface area contributed by atoms with Crippen LogP contribution in [0.25, 0.3) is 0 Å². The van der Waals surface area contributed by atoms with Crippen molar-refractivity contribution in [3.63, 3.8) is 0 Å². The lowest BCUT2D eigenvalue weighted by atomic mass is 9.65. The van der Waals surface area contributed by atoms with Gasteiger partial charge in [0.25, 0.3) is 0 Å². The summed E-state index contributed by atoms with van der Waals surface area (Å²) in [5, 5.41) is 3.52. The zero-order valence-corrected chi connectivity index (χ0v) is 14.4. The predicted octanol–water partition coefficient (Wildman–Crippen LogP) is 5.64. The molecule has 2 rings (SSSR count). The van der Waals surface area contributed by atoms with Crippen molar-refractivity contribution in [3.8, 4) is 0 Å². The average Bonchev–Trinajstić information content (AvgIpc) is 2.62. The van der Waals surface area contributed by atoms with Crippen molar-refractivity contribution < 1.29 is 0 Å². The normalized spacial score (nSPS) is 25.1. The molecule has 0 aliphatic heterocycles. The van der Waals surface area contributed by atoms with Crippen molar-refractivity contribution in [2.75, 3.05) is 7.05 Å². The standard InChI is InChI=1S/C14H21BrClNS/c1-14(2)7-5-4-6-9(14)12(17-3)11-8-10(15)13(16)18-11/h8-9,12,17H,4-7H2,1-3H3. The third-order valence-electron chi connectivity index (χ3n) is 4.27. The van der Waals surface area contributed by atoms with E-state index in [-0.39, 0.29) is 0 Å². The molecule has 0 amide bonds. The van der Waals surface area contributed by atoms with Crippen LogP contribution in [0.3, 0.4) is 0 Å². The minimum absolute atomic E-state index is 0.412. The molecule has 0 saturated heterocycles. The van der Waals surface area contributed by atoms with Crippen molar-refractivity contribution in [3.05, 3.63) is 19.8 Å². The van der Waals surface area contributed by atoms with Gasteiger partial charge in [-0.25, -0.2) is 0 Å². The minimum Gasteiger partial charge on any atom is -0.312 e. The van der Waals surface area contributed by atoms with E-state index >= 15 is 0 Å². The molecule has 102 valence electrons. The monoisotopic (exact) mass is 349 g/mol. The zero-order chi connectivity index (χ0) is 13.3. The Balaban J connectivity index is 2.27. The average molecular weight is 351 g/mol. The lowest BCUT2D eigenvalue weighted by Gasteiger charge is -2.43. The molecule has 1 N–H and O–H groups in total. The summed E-state index contributed by atoms with van der Waals surface area (Å²) in [7, 11) is 2.07. The van der Waals surface area contributed by atoms with Crippen molar-refractivity contribution in [1.82, 2.24) is 5.32 Å². The Morgan fingerprint density at radius 3 is 2.72 bits per heavy atom. The number of hydrogen-bond acceptors (Lipinski definition) is 2. The number of halogens is 2.